The quantitative estimate of drug-likeness (QED) is 0.706. The summed E-state index contributed by atoms with van der Waals surface area (Å²) in [6, 6.07) is 20.4. The molecule has 0 atom stereocenters. The predicted octanol–water partition coefficient (Wildman–Crippen LogP) is 5.25. The van der Waals surface area contributed by atoms with Crippen LogP contribution in [0.3, 0.4) is 0 Å². The normalized spacial score (nSPS) is 15.5. The third kappa shape index (κ3) is 4.50. The Morgan fingerprint density at radius 2 is 1.48 bits per heavy atom. The highest BCUT2D eigenvalue weighted by Gasteiger charge is 2.30. The van der Waals surface area contributed by atoms with E-state index in [9.17, 15) is 4.79 Å². The summed E-state index contributed by atoms with van der Waals surface area (Å²) < 4.78 is 0. The molecule has 0 unspecified atom stereocenters. The number of amides is 1. The van der Waals surface area contributed by atoms with Crippen molar-refractivity contribution in [2.45, 2.75) is 44.9 Å². The molecule has 132 valence electrons. The fourth-order valence-electron chi connectivity index (χ4n) is 3.89. The fourth-order valence-corrected chi connectivity index (χ4v) is 3.89. The number of piperidine rings is 1. The Morgan fingerprint density at radius 1 is 0.960 bits per heavy atom. The molecule has 1 amide bonds. The van der Waals surface area contributed by atoms with Gasteiger partial charge in [-0.3, -0.25) is 4.79 Å². The summed E-state index contributed by atoms with van der Waals surface area (Å²) in [7, 11) is 0. The summed E-state index contributed by atoms with van der Waals surface area (Å²) in [5.74, 6) is 0.872. The zero-order chi connectivity index (χ0) is 17.5. The Kier molecular flexibility index (Phi) is 6.27. The molecule has 25 heavy (non-hydrogen) atoms. The molecule has 1 heterocycles. The lowest BCUT2D eigenvalue weighted by Gasteiger charge is -2.34. The van der Waals surface area contributed by atoms with Gasteiger partial charge in [0.1, 0.15) is 0 Å². The summed E-state index contributed by atoms with van der Waals surface area (Å²) in [5.41, 5.74) is 2.18. The van der Waals surface area contributed by atoms with E-state index in [0.717, 1.165) is 43.0 Å². The maximum atomic E-state index is 13.3. The van der Waals surface area contributed by atoms with Crippen LogP contribution in [-0.2, 0) is 4.79 Å². The van der Waals surface area contributed by atoms with E-state index in [1.165, 1.54) is 19.3 Å². The van der Waals surface area contributed by atoms with Crippen molar-refractivity contribution in [3.8, 4) is 0 Å². The predicted molar refractivity (Wildman–Crippen MR) is 104 cm³/mol. The first kappa shape index (κ1) is 17.7. The van der Waals surface area contributed by atoms with Crippen LogP contribution in [0.25, 0.3) is 0 Å². The van der Waals surface area contributed by atoms with Gasteiger partial charge in [-0.05, 0) is 29.9 Å². The number of nitrogens with zero attached hydrogens (tertiary/aromatic N) is 1. The first-order valence-corrected chi connectivity index (χ1v) is 9.68. The molecular weight excluding hydrogens is 306 g/mol. The Morgan fingerprint density at radius 3 is 1.96 bits per heavy atom. The van der Waals surface area contributed by atoms with E-state index in [0.29, 0.717) is 0 Å². The second kappa shape index (κ2) is 8.84. The van der Waals surface area contributed by atoms with Gasteiger partial charge >= 0.3 is 0 Å². The molecule has 2 nitrogen and oxygen atoms in total. The van der Waals surface area contributed by atoms with Crippen LogP contribution in [0.5, 0.6) is 0 Å². The Balaban J connectivity index is 1.75. The SMILES string of the molecule is CCCCC1CCN(C(=O)C(c2ccccc2)c2ccccc2)CC1. The summed E-state index contributed by atoms with van der Waals surface area (Å²) in [6.07, 6.45) is 6.21. The van der Waals surface area contributed by atoms with E-state index >= 15 is 0 Å². The lowest BCUT2D eigenvalue weighted by atomic mass is 9.87. The number of hydrogen-bond donors (Lipinski definition) is 0. The average molecular weight is 335 g/mol. The minimum atomic E-state index is -0.186. The van der Waals surface area contributed by atoms with Gasteiger partial charge in [-0.15, -0.1) is 0 Å². The number of hydrogen-bond acceptors (Lipinski definition) is 1. The summed E-state index contributed by atoms with van der Waals surface area (Å²) in [4.78, 5) is 15.4. The molecule has 2 heteroatoms. The molecule has 1 aliphatic rings. The first-order chi connectivity index (χ1) is 12.3. The van der Waals surface area contributed by atoms with Crippen molar-refractivity contribution in [1.29, 1.82) is 0 Å². The molecule has 0 radical (unpaired) electrons. The van der Waals surface area contributed by atoms with E-state index in [1.807, 2.05) is 36.4 Å². The maximum Gasteiger partial charge on any atom is 0.234 e. The molecule has 0 spiro atoms. The molecule has 2 aromatic carbocycles. The smallest absolute Gasteiger partial charge is 0.234 e. The maximum absolute atomic E-state index is 13.3. The molecule has 0 bridgehead atoms. The number of benzene rings is 2. The van der Waals surface area contributed by atoms with E-state index in [2.05, 4.69) is 36.1 Å². The Bertz CT molecular complexity index is 605. The molecule has 1 aliphatic heterocycles. The standard InChI is InChI=1S/C23H29NO/c1-2-3-10-19-15-17-24(18-16-19)23(25)22(20-11-6-4-7-12-20)21-13-8-5-9-14-21/h4-9,11-14,19,22H,2-3,10,15-18H2,1H3. The molecule has 0 aromatic heterocycles. The highest BCUT2D eigenvalue weighted by molar-refractivity contribution is 5.87. The van der Waals surface area contributed by atoms with Crippen LogP contribution >= 0.6 is 0 Å². The van der Waals surface area contributed by atoms with Crippen LogP contribution in [0, 0.1) is 5.92 Å². The van der Waals surface area contributed by atoms with Gasteiger partial charge in [0.15, 0.2) is 0 Å². The van der Waals surface area contributed by atoms with Gasteiger partial charge in [0, 0.05) is 13.1 Å². The van der Waals surface area contributed by atoms with Crippen molar-refractivity contribution in [2.24, 2.45) is 5.92 Å². The lowest BCUT2D eigenvalue weighted by molar-refractivity contribution is -0.133. The summed E-state index contributed by atoms with van der Waals surface area (Å²) in [6.45, 7) is 4.07. The largest absolute Gasteiger partial charge is 0.342 e. The van der Waals surface area contributed by atoms with E-state index in [1.54, 1.807) is 0 Å². The number of carbonyl (C=O) groups is 1. The third-order valence-corrected chi connectivity index (χ3v) is 5.40. The van der Waals surface area contributed by atoms with Crippen molar-refractivity contribution in [2.75, 3.05) is 13.1 Å². The molecule has 1 fully saturated rings. The van der Waals surface area contributed by atoms with Crippen molar-refractivity contribution < 1.29 is 4.79 Å². The molecule has 3 rings (SSSR count). The molecular formula is C23H29NO. The van der Waals surface area contributed by atoms with Gasteiger partial charge in [0.25, 0.3) is 0 Å². The molecule has 0 N–H and O–H groups in total. The van der Waals surface area contributed by atoms with Crippen LogP contribution in [0.2, 0.25) is 0 Å². The minimum Gasteiger partial charge on any atom is -0.342 e. The molecule has 0 saturated carbocycles. The average Bonchev–Trinajstić information content (AvgIpc) is 2.68. The second-order valence-electron chi connectivity index (χ2n) is 7.17. The van der Waals surface area contributed by atoms with Crippen molar-refractivity contribution in [1.82, 2.24) is 4.90 Å². The number of unbranched alkanes of at least 4 members (excludes halogenated alkanes) is 1. The summed E-state index contributed by atoms with van der Waals surface area (Å²) in [5, 5.41) is 0. The van der Waals surface area contributed by atoms with Crippen LogP contribution in [0.15, 0.2) is 60.7 Å². The lowest BCUT2D eigenvalue weighted by Crippen LogP contribution is -2.41. The van der Waals surface area contributed by atoms with Crippen molar-refractivity contribution in [3.05, 3.63) is 71.8 Å². The van der Waals surface area contributed by atoms with Crippen molar-refractivity contribution >= 4 is 5.91 Å². The number of rotatable bonds is 6. The third-order valence-electron chi connectivity index (χ3n) is 5.40. The fraction of sp³-hybridized carbons (Fsp3) is 0.435. The van der Waals surface area contributed by atoms with Gasteiger partial charge < -0.3 is 4.90 Å². The van der Waals surface area contributed by atoms with Crippen LogP contribution in [0.4, 0.5) is 0 Å². The second-order valence-corrected chi connectivity index (χ2v) is 7.17. The highest BCUT2D eigenvalue weighted by atomic mass is 16.2. The van der Waals surface area contributed by atoms with Crippen molar-refractivity contribution in [3.63, 3.8) is 0 Å². The summed E-state index contributed by atoms with van der Waals surface area (Å²) >= 11 is 0. The topological polar surface area (TPSA) is 20.3 Å². The molecule has 1 saturated heterocycles. The van der Waals surface area contributed by atoms with Crippen LogP contribution in [-0.4, -0.2) is 23.9 Å². The van der Waals surface area contributed by atoms with E-state index in [-0.39, 0.29) is 11.8 Å². The van der Waals surface area contributed by atoms with Gasteiger partial charge in [0.05, 0.1) is 5.92 Å². The van der Waals surface area contributed by atoms with Gasteiger partial charge in [-0.2, -0.15) is 0 Å². The van der Waals surface area contributed by atoms with Crippen LogP contribution in [0.1, 0.15) is 56.1 Å². The Labute approximate surface area is 151 Å². The van der Waals surface area contributed by atoms with Gasteiger partial charge in [-0.1, -0.05) is 86.8 Å². The zero-order valence-corrected chi connectivity index (χ0v) is 15.2. The first-order valence-electron chi connectivity index (χ1n) is 9.68. The number of likely N-dealkylation sites (tertiary alicyclic amines) is 1. The van der Waals surface area contributed by atoms with Crippen LogP contribution < -0.4 is 0 Å². The Hall–Kier alpha value is -2.09. The monoisotopic (exact) mass is 335 g/mol. The molecule has 0 aliphatic carbocycles. The number of carbonyl (C=O) groups excluding carboxylic acids is 1. The van der Waals surface area contributed by atoms with E-state index < -0.39 is 0 Å². The van der Waals surface area contributed by atoms with Gasteiger partial charge in [0.2, 0.25) is 5.91 Å². The van der Waals surface area contributed by atoms with Gasteiger partial charge in [-0.25, -0.2) is 0 Å². The zero-order valence-electron chi connectivity index (χ0n) is 15.2. The van der Waals surface area contributed by atoms with E-state index in [4.69, 9.17) is 0 Å². The minimum absolute atomic E-state index is 0.186. The highest BCUT2D eigenvalue weighted by Crippen LogP contribution is 2.30. The molecule has 2 aromatic rings.